The molecule has 0 saturated carbocycles. The van der Waals surface area contributed by atoms with Crippen LogP contribution in [-0.2, 0) is 9.59 Å². The highest BCUT2D eigenvalue weighted by Gasteiger charge is 2.17. The van der Waals surface area contributed by atoms with E-state index in [2.05, 4.69) is 15.6 Å². The zero-order valence-electron chi connectivity index (χ0n) is 11.5. The lowest BCUT2D eigenvalue weighted by atomic mass is 10.1. The molecule has 0 aliphatic carbocycles. The number of hydrogen-bond acceptors (Lipinski definition) is 4. The Labute approximate surface area is 121 Å². The molecule has 0 unspecified atom stereocenters. The highest BCUT2D eigenvalue weighted by atomic mass is 32.1. The molecule has 104 valence electrons. The van der Waals surface area contributed by atoms with Gasteiger partial charge in [0.15, 0.2) is 5.13 Å². The lowest BCUT2D eigenvalue weighted by Gasteiger charge is -2.12. The van der Waals surface area contributed by atoms with E-state index < -0.39 is 11.8 Å². The second-order valence-electron chi connectivity index (χ2n) is 4.52. The third kappa shape index (κ3) is 3.21. The third-order valence-electron chi connectivity index (χ3n) is 2.77. The zero-order chi connectivity index (χ0) is 14.7. The monoisotopic (exact) mass is 289 g/mol. The Morgan fingerprint density at radius 3 is 2.20 bits per heavy atom. The van der Waals surface area contributed by atoms with Gasteiger partial charge in [0.2, 0.25) is 0 Å². The molecule has 5 nitrogen and oxygen atoms in total. The smallest absolute Gasteiger partial charge is 0.315 e. The Bertz CT molecular complexity index is 627. The third-order valence-corrected chi connectivity index (χ3v) is 3.46. The fraction of sp³-hybridized carbons (Fsp3) is 0.214. The summed E-state index contributed by atoms with van der Waals surface area (Å²) >= 11 is 1.26. The van der Waals surface area contributed by atoms with Crippen molar-refractivity contribution in [1.82, 2.24) is 4.98 Å². The van der Waals surface area contributed by atoms with Gasteiger partial charge in [-0.15, -0.1) is 11.3 Å². The highest BCUT2D eigenvalue weighted by Crippen LogP contribution is 2.22. The van der Waals surface area contributed by atoms with Crippen molar-refractivity contribution < 1.29 is 9.59 Å². The number of hydrogen-bond donors (Lipinski definition) is 2. The van der Waals surface area contributed by atoms with Crippen molar-refractivity contribution in [2.45, 2.75) is 20.8 Å². The minimum absolute atomic E-state index is 0.405. The first kappa shape index (κ1) is 14.2. The summed E-state index contributed by atoms with van der Waals surface area (Å²) in [7, 11) is 0. The summed E-state index contributed by atoms with van der Waals surface area (Å²) in [5, 5.41) is 7.22. The van der Waals surface area contributed by atoms with Gasteiger partial charge in [0.1, 0.15) is 0 Å². The Morgan fingerprint density at radius 2 is 1.65 bits per heavy atom. The first-order valence-electron chi connectivity index (χ1n) is 6.07. The minimum Gasteiger partial charge on any atom is -0.317 e. The summed E-state index contributed by atoms with van der Waals surface area (Å²) < 4.78 is 0. The largest absolute Gasteiger partial charge is 0.317 e. The molecule has 6 heteroatoms. The van der Waals surface area contributed by atoms with Crippen LogP contribution in [0.1, 0.15) is 16.7 Å². The average molecular weight is 289 g/mol. The lowest BCUT2D eigenvalue weighted by molar-refractivity contribution is -0.133. The number of benzene rings is 1. The quantitative estimate of drug-likeness (QED) is 0.835. The first-order chi connectivity index (χ1) is 9.47. The number of nitrogens with one attached hydrogen (secondary N) is 2. The van der Waals surface area contributed by atoms with E-state index >= 15 is 0 Å². The molecule has 0 radical (unpaired) electrons. The van der Waals surface area contributed by atoms with Crippen LogP contribution in [-0.4, -0.2) is 16.8 Å². The molecular weight excluding hydrogens is 274 g/mol. The van der Waals surface area contributed by atoms with Gasteiger partial charge >= 0.3 is 11.8 Å². The van der Waals surface area contributed by atoms with Crippen LogP contribution in [0.4, 0.5) is 10.8 Å². The molecule has 1 aromatic heterocycles. The van der Waals surface area contributed by atoms with Crippen molar-refractivity contribution in [2.75, 3.05) is 10.6 Å². The minimum atomic E-state index is -0.723. The van der Waals surface area contributed by atoms with Crippen LogP contribution in [0.3, 0.4) is 0 Å². The lowest BCUT2D eigenvalue weighted by Crippen LogP contribution is -2.29. The van der Waals surface area contributed by atoms with E-state index in [4.69, 9.17) is 0 Å². The highest BCUT2D eigenvalue weighted by molar-refractivity contribution is 7.13. The van der Waals surface area contributed by atoms with Crippen LogP contribution >= 0.6 is 11.3 Å². The second kappa shape index (κ2) is 5.83. The van der Waals surface area contributed by atoms with Crippen LogP contribution in [0.5, 0.6) is 0 Å². The molecule has 1 aromatic carbocycles. The molecule has 2 aromatic rings. The van der Waals surface area contributed by atoms with E-state index in [1.165, 1.54) is 11.3 Å². The summed E-state index contributed by atoms with van der Waals surface area (Å²) in [6, 6.07) is 3.92. The molecule has 2 N–H and O–H groups in total. The summed E-state index contributed by atoms with van der Waals surface area (Å²) in [5.74, 6) is -1.42. The molecule has 0 saturated heterocycles. The standard InChI is InChI=1S/C14H15N3O2S/c1-8-6-9(2)11(10(3)7-8)16-12(18)13(19)17-14-15-4-5-20-14/h4-7H,1-3H3,(H,16,18)(H,15,17,19). The number of carbonyl (C=O) groups is 2. The van der Waals surface area contributed by atoms with Gasteiger partial charge in [-0.05, 0) is 31.9 Å². The van der Waals surface area contributed by atoms with E-state index in [0.717, 1.165) is 16.7 Å². The fourth-order valence-electron chi connectivity index (χ4n) is 1.99. The van der Waals surface area contributed by atoms with Gasteiger partial charge in [0, 0.05) is 17.3 Å². The maximum Gasteiger partial charge on any atom is 0.315 e. The predicted molar refractivity (Wildman–Crippen MR) is 80.0 cm³/mol. The van der Waals surface area contributed by atoms with E-state index in [-0.39, 0.29) is 0 Å². The Kier molecular flexibility index (Phi) is 4.14. The van der Waals surface area contributed by atoms with Crippen molar-refractivity contribution in [3.8, 4) is 0 Å². The molecule has 1 heterocycles. The van der Waals surface area contributed by atoms with Gasteiger partial charge in [0.05, 0.1) is 0 Å². The molecule has 0 aliphatic rings. The van der Waals surface area contributed by atoms with Gasteiger partial charge in [-0.3, -0.25) is 14.9 Å². The zero-order valence-corrected chi connectivity index (χ0v) is 12.3. The number of carbonyl (C=O) groups excluding carboxylic acids is 2. The van der Waals surface area contributed by atoms with E-state index in [1.54, 1.807) is 11.6 Å². The van der Waals surface area contributed by atoms with Gasteiger partial charge in [-0.2, -0.15) is 0 Å². The number of aryl methyl sites for hydroxylation is 3. The van der Waals surface area contributed by atoms with Crippen molar-refractivity contribution in [3.05, 3.63) is 40.4 Å². The Hall–Kier alpha value is -2.21. The van der Waals surface area contributed by atoms with Gasteiger partial charge in [0.25, 0.3) is 0 Å². The van der Waals surface area contributed by atoms with Crippen LogP contribution in [0.25, 0.3) is 0 Å². The van der Waals surface area contributed by atoms with Crippen molar-refractivity contribution in [2.24, 2.45) is 0 Å². The van der Waals surface area contributed by atoms with Crippen molar-refractivity contribution in [1.29, 1.82) is 0 Å². The number of aromatic nitrogens is 1. The van der Waals surface area contributed by atoms with Crippen LogP contribution in [0, 0.1) is 20.8 Å². The molecule has 0 spiro atoms. The first-order valence-corrected chi connectivity index (χ1v) is 6.95. The topological polar surface area (TPSA) is 71.1 Å². The number of amides is 2. The molecule has 2 rings (SSSR count). The van der Waals surface area contributed by atoms with Crippen LogP contribution < -0.4 is 10.6 Å². The van der Waals surface area contributed by atoms with Crippen molar-refractivity contribution in [3.63, 3.8) is 0 Å². The van der Waals surface area contributed by atoms with Crippen LogP contribution in [0.2, 0.25) is 0 Å². The van der Waals surface area contributed by atoms with E-state index in [0.29, 0.717) is 10.8 Å². The van der Waals surface area contributed by atoms with E-state index in [9.17, 15) is 9.59 Å². The van der Waals surface area contributed by atoms with Crippen molar-refractivity contribution >= 4 is 34.0 Å². The summed E-state index contributed by atoms with van der Waals surface area (Å²) in [4.78, 5) is 27.5. The molecule has 0 bridgehead atoms. The molecule has 20 heavy (non-hydrogen) atoms. The Morgan fingerprint density at radius 1 is 1.05 bits per heavy atom. The molecule has 0 fully saturated rings. The molecule has 0 atom stereocenters. The average Bonchev–Trinajstić information content (AvgIpc) is 2.86. The maximum atomic E-state index is 11.9. The van der Waals surface area contributed by atoms with Gasteiger partial charge in [-0.25, -0.2) is 4.98 Å². The molecule has 0 aliphatic heterocycles. The summed E-state index contributed by atoms with van der Waals surface area (Å²) in [5.41, 5.74) is 3.65. The SMILES string of the molecule is Cc1cc(C)c(NC(=O)C(=O)Nc2nccs2)c(C)c1. The normalized spacial score (nSPS) is 10.2. The number of thiazole rings is 1. The second-order valence-corrected chi connectivity index (χ2v) is 5.41. The number of nitrogens with zero attached hydrogens (tertiary/aromatic N) is 1. The summed E-state index contributed by atoms with van der Waals surface area (Å²) in [6.07, 6.45) is 1.56. The van der Waals surface area contributed by atoms with E-state index in [1.807, 2.05) is 32.9 Å². The number of anilines is 2. The fourth-order valence-corrected chi connectivity index (χ4v) is 2.51. The Balaban J connectivity index is 2.10. The van der Waals surface area contributed by atoms with Gasteiger partial charge < -0.3 is 5.32 Å². The molecular formula is C14H15N3O2S. The maximum absolute atomic E-state index is 11.9. The van der Waals surface area contributed by atoms with Crippen LogP contribution in [0.15, 0.2) is 23.7 Å². The summed E-state index contributed by atoms with van der Waals surface area (Å²) in [6.45, 7) is 5.78. The predicted octanol–water partition coefficient (Wildman–Crippen LogP) is 2.65. The molecule has 2 amide bonds. The van der Waals surface area contributed by atoms with Gasteiger partial charge in [-0.1, -0.05) is 17.7 Å². The number of rotatable bonds is 2.